The van der Waals surface area contributed by atoms with Crippen LogP contribution in [0, 0.1) is 0 Å². The van der Waals surface area contributed by atoms with Crippen LogP contribution in [-0.4, -0.2) is 30.1 Å². The Kier molecular flexibility index (Phi) is 8.93. The second kappa shape index (κ2) is 11.9. The van der Waals surface area contributed by atoms with Crippen LogP contribution in [0.4, 0.5) is 0 Å². The molecule has 0 atom stereocenters. The molecule has 1 fully saturated rings. The minimum absolute atomic E-state index is 0.0293. The molecule has 4 heteroatoms. The highest BCUT2D eigenvalue weighted by atomic mass is 35.5. The summed E-state index contributed by atoms with van der Waals surface area (Å²) in [6.45, 7) is 10.3. The first-order valence-electron chi connectivity index (χ1n) is 11.0. The Balaban J connectivity index is 1.45. The number of benzene rings is 2. The number of halogens is 1. The van der Waals surface area contributed by atoms with Gasteiger partial charge in [-0.05, 0) is 60.4 Å². The van der Waals surface area contributed by atoms with Crippen LogP contribution in [0.15, 0.2) is 73.8 Å². The molecule has 0 heterocycles. The van der Waals surface area contributed by atoms with Gasteiger partial charge < -0.3 is 4.74 Å². The van der Waals surface area contributed by atoms with E-state index in [1.807, 2.05) is 24.3 Å². The van der Waals surface area contributed by atoms with Crippen molar-refractivity contribution in [2.45, 2.75) is 50.7 Å². The maximum absolute atomic E-state index is 12.3. The molecule has 2 aromatic carbocycles. The number of hydrogen-bond acceptors (Lipinski definition) is 3. The van der Waals surface area contributed by atoms with Crippen LogP contribution >= 0.6 is 11.6 Å². The van der Waals surface area contributed by atoms with E-state index in [1.54, 1.807) is 12.1 Å². The largest absolute Gasteiger partial charge is 0.462 e. The fourth-order valence-corrected chi connectivity index (χ4v) is 4.36. The van der Waals surface area contributed by atoms with E-state index >= 15 is 0 Å². The predicted molar refractivity (Wildman–Crippen MR) is 128 cm³/mol. The topological polar surface area (TPSA) is 29.5 Å². The van der Waals surface area contributed by atoms with Crippen LogP contribution in [0.2, 0.25) is 5.02 Å². The van der Waals surface area contributed by atoms with E-state index in [0.29, 0.717) is 17.4 Å². The second-order valence-electron chi connectivity index (χ2n) is 8.28. The standard InChI is InChI=1S/C27H32ClNO2/c1-3-17-29(18-4-2)20-22-5-9-23(10-6-22)24-11-15-26(16-12-24)31-27(30)19-21-7-13-25(28)14-8-21/h3-10,13-14,24,26H,1-2,11-12,15-20H2/t24-,26-. The molecule has 0 unspecified atom stereocenters. The summed E-state index contributed by atoms with van der Waals surface area (Å²) in [5.74, 6) is 0.386. The third-order valence-electron chi connectivity index (χ3n) is 5.87. The number of carbonyl (C=O) groups excluding carboxylic acids is 1. The number of rotatable bonds is 10. The molecule has 164 valence electrons. The SMILES string of the molecule is C=CCN(CC=C)Cc1ccc([C@H]2CC[C@H](OC(=O)Cc3ccc(Cl)cc3)CC2)cc1. The normalized spacial score (nSPS) is 18.5. The highest BCUT2D eigenvalue weighted by Crippen LogP contribution is 2.34. The van der Waals surface area contributed by atoms with Gasteiger partial charge in [-0.3, -0.25) is 9.69 Å². The maximum Gasteiger partial charge on any atom is 0.310 e. The first kappa shape index (κ1) is 23.3. The molecule has 31 heavy (non-hydrogen) atoms. The van der Waals surface area contributed by atoms with Crippen molar-refractivity contribution in [3.63, 3.8) is 0 Å². The molecule has 2 aromatic rings. The molecular formula is C27H32ClNO2. The van der Waals surface area contributed by atoms with Gasteiger partial charge in [0.2, 0.25) is 0 Å². The maximum atomic E-state index is 12.3. The average molecular weight is 438 g/mol. The zero-order valence-corrected chi connectivity index (χ0v) is 18.9. The van der Waals surface area contributed by atoms with Gasteiger partial charge in [-0.15, -0.1) is 13.2 Å². The van der Waals surface area contributed by atoms with Gasteiger partial charge in [0, 0.05) is 24.7 Å². The summed E-state index contributed by atoms with van der Waals surface area (Å²) in [6, 6.07) is 16.3. The molecule has 0 aliphatic heterocycles. The van der Waals surface area contributed by atoms with Crippen molar-refractivity contribution >= 4 is 17.6 Å². The lowest BCUT2D eigenvalue weighted by Gasteiger charge is -2.29. The number of esters is 1. The van der Waals surface area contributed by atoms with Crippen LogP contribution in [-0.2, 0) is 22.5 Å². The lowest BCUT2D eigenvalue weighted by atomic mass is 9.82. The molecule has 3 rings (SSSR count). The van der Waals surface area contributed by atoms with Crippen LogP contribution in [0.1, 0.15) is 48.3 Å². The molecule has 0 saturated heterocycles. The third kappa shape index (κ3) is 7.37. The van der Waals surface area contributed by atoms with Crippen molar-refractivity contribution in [1.82, 2.24) is 4.90 Å². The summed E-state index contributed by atoms with van der Waals surface area (Å²) in [6.07, 6.45) is 8.14. The molecule has 1 aliphatic carbocycles. The predicted octanol–water partition coefficient (Wildman–Crippen LogP) is 6.33. The Morgan fingerprint density at radius 2 is 1.52 bits per heavy atom. The van der Waals surface area contributed by atoms with Crippen LogP contribution in [0.5, 0.6) is 0 Å². The summed E-state index contributed by atoms with van der Waals surface area (Å²) >= 11 is 5.90. The summed E-state index contributed by atoms with van der Waals surface area (Å²) in [4.78, 5) is 14.6. The highest BCUT2D eigenvalue weighted by Gasteiger charge is 2.25. The minimum Gasteiger partial charge on any atom is -0.462 e. The third-order valence-corrected chi connectivity index (χ3v) is 6.12. The fraction of sp³-hybridized carbons (Fsp3) is 0.370. The first-order chi connectivity index (χ1) is 15.1. The van der Waals surface area contributed by atoms with E-state index in [9.17, 15) is 4.79 Å². The van der Waals surface area contributed by atoms with Gasteiger partial charge in [0.25, 0.3) is 0 Å². The van der Waals surface area contributed by atoms with Crippen molar-refractivity contribution in [2.75, 3.05) is 13.1 Å². The van der Waals surface area contributed by atoms with Crippen molar-refractivity contribution in [1.29, 1.82) is 0 Å². The number of carbonyl (C=O) groups is 1. The lowest BCUT2D eigenvalue weighted by Crippen LogP contribution is -2.25. The molecule has 1 saturated carbocycles. The summed E-state index contributed by atoms with van der Waals surface area (Å²) < 4.78 is 5.72. The Labute approximate surface area is 191 Å². The number of ether oxygens (including phenoxy) is 1. The van der Waals surface area contributed by atoms with E-state index in [2.05, 4.69) is 42.3 Å². The molecule has 0 bridgehead atoms. The summed E-state index contributed by atoms with van der Waals surface area (Å²) in [5.41, 5.74) is 3.62. The minimum atomic E-state index is -0.154. The number of nitrogens with zero attached hydrogens (tertiary/aromatic N) is 1. The number of hydrogen-bond donors (Lipinski definition) is 0. The Hall–Kier alpha value is -2.36. The summed E-state index contributed by atoms with van der Waals surface area (Å²) in [7, 11) is 0. The van der Waals surface area contributed by atoms with Gasteiger partial charge in [0.1, 0.15) is 6.10 Å². The quantitative estimate of drug-likeness (QED) is 0.321. The fourth-order valence-electron chi connectivity index (χ4n) is 4.23. The molecule has 0 radical (unpaired) electrons. The second-order valence-corrected chi connectivity index (χ2v) is 8.72. The van der Waals surface area contributed by atoms with Crippen molar-refractivity contribution in [3.05, 3.63) is 95.6 Å². The molecule has 3 nitrogen and oxygen atoms in total. The van der Waals surface area contributed by atoms with E-state index in [4.69, 9.17) is 16.3 Å². The van der Waals surface area contributed by atoms with Gasteiger partial charge in [-0.1, -0.05) is 60.2 Å². The smallest absolute Gasteiger partial charge is 0.310 e. The molecule has 0 aromatic heterocycles. The molecule has 1 aliphatic rings. The van der Waals surface area contributed by atoms with Crippen LogP contribution < -0.4 is 0 Å². The van der Waals surface area contributed by atoms with E-state index in [0.717, 1.165) is 50.9 Å². The molecule has 0 spiro atoms. The Bertz CT molecular complexity index is 842. The van der Waals surface area contributed by atoms with Gasteiger partial charge >= 0.3 is 5.97 Å². The molecular weight excluding hydrogens is 406 g/mol. The first-order valence-corrected chi connectivity index (χ1v) is 11.4. The van der Waals surface area contributed by atoms with E-state index in [-0.39, 0.29) is 12.1 Å². The van der Waals surface area contributed by atoms with Gasteiger partial charge in [0.05, 0.1) is 6.42 Å². The zero-order chi connectivity index (χ0) is 22.1. The van der Waals surface area contributed by atoms with Gasteiger partial charge in [0.15, 0.2) is 0 Å². The molecule has 0 N–H and O–H groups in total. The summed E-state index contributed by atoms with van der Waals surface area (Å²) in [5, 5.41) is 0.675. The molecule has 0 amide bonds. The Morgan fingerprint density at radius 3 is 2.10 bits per heavy atom. The van der Waals surface area contributed by atoms with Crippen molar-refractivity contribution in [3.8, 4) is 0 Å². The monoisotopic (exact) mass is 437 g/mol. The van der Waals surface area contributed by atoms with Gasteiger partial charge in [-0.2, -0.15) is 0 Å². The van der Waals surface area contributed by atoms with Crippen molar-refractivity contribution < 1.29 is 9.53 Å². The van der Waals surface area contributed by atoms with Crippen molar-refractivity contribution in [2.24, 2.45) is 0 Å². The van der Waals surface area contributed by atoms with Crippen LogP contribution in [0.3, 0.4) is 0 Å². The lowest BCUT2D eigenvalue weighted by molar-refractivity contribution is -0.149. The van der Waals surface area contributed by atoms with E-state index < -0.39 is 0 Å². The Morgan fingerprint density at radius 1 is 0.935 bits per heavy atom. The average Bonchev–Trinajstić information content (AvgIpc) is 2.77. The van der Waals surface area contributed by atoms with Gasteiger partial charge in [-0.25, -0.2) is 0 Å². The van der Waals surface area contributed by atoms with Crippen LogP contribution in [0.25, 0.3) is 0 Å². The van der Waals surface area contributed by atoms with E-state index in [1.165, 1.54) is 11.1 Å². The highest BCUT2D eigenvalue weighted by molar-refractivity contribution is 6.30. The zero-order valence-electron chi connectivity index (χ0n) is 18.1.